The van der Waals surface area contributed by atoms with Gasteiger partial charge in [-0.05, 0) is 68.3 Å². The summed E-state index contributed by atoms with van der Waals surface area (Å²) in [6, 6.07) is 9.59. The van der Waals surface area contributed by atoms with E-state index in [1.807, 2.05) is 0 Å². The number of anilines is 2. The number of halogens is 8. The predicted molar refractivity (Wildman–Crippen MR) is 180 cm³/mol. The normalized spacial score (nSPS) is 14.6. The van der Waals surface area contributed by atoms with Crippen molar-refractivity contribution in [1.82, 2.24) is 5.32 Å². The molecule has 4 rings (SSSR count). The van der Waals surface area contributed by atoms with Crippen LogP contribution in [0.15, 0.2) is 73.2 Å². The van der Waals surface area contributed by atoms with Crippen LogP contribution in [0.3, 0.4) is 0 Å². The van der Waals surface area contributed by atoms with E-state index in [2.05, 4.69) is 52.8 Å². The van der Waals surface area contributed by atoms with Crippen molar-refractivity contribution in [1.29, 1.82) is 0 Å². The van der Waals surface area contributed by atoms with Crippen molar-refractivity contribution >= 4 is 131 Å². The summed E-state index contributed by atoms with van der Waals surface area (Å²) >= 11 is 43.6. The average molecular weight is 849 g/mol. The van der Waals surface area contributed by atoms with E-state index in [0.717, 1.165) is 0 Å². The van der Waals surface area contributed by atoms with Gasteiger partial charge in [0.05, 0.1) is 36.9 Å². The number of rotatable bonds is 8. The second kappa shape index (κ2) is 15.0. The summed E-state index contributed by atoms with van der Waals surface area (Å²) < 4.78 is 0.796. The van der Waals surface area contributed by atoms with Crippen LogP contribution in [0, 0.1) is 0 Å². The summed E-state index contributed by atoms with van der Waals surface area (Å²) in [5, 5.41) is 8.36. The van der Waals surface area contributed by atoms with Crippen molar-refractivity contribution in [3.05, 3.63) is 105 Å². The summed E-state index contributed by atoms with van der Waals surface area (Å²) in [7, 11) is 0. The van der Waals surface area contributed by atoms with Crippen molar-refractivity contribution in [3.63, 3.8) is 0 Å². The summed E-state index contributed by atoms with van der Waals surface area (Å²) in [6.45, 7) is 0. The van der Waals surface area contributed by atoms with Crippen molar-refractivity contribution < 1.29 is 24.3 Å². The molecule has 0 radical (unpaired) electrons. The van der Waals surface area contributed by atoms with Crippen molar-refractivity contribution in [2.75, 3.05) is 10.6 Å². The lowest BCUT2D eigenvalue weighted by molar-refractivity contribution is -0.211. The number of carbonyl (C=O) groups is 3. The van der Waals surface area contributed by atoms with Crippen molar-refractivity contribution in [3.8, 4) is 5.75 Å². The number of hydrogen-bond acceptors (Lipinski definition) is 6. The third-order valence-corrected chi connectivity index (χ3v) is 9.37. The minimum atomic E-state index is -0.704. The van der Waals surface area contributed by atoms with Gasteiger partial charge in [0.1, 0.15) is 0 Å². The lowest BCUT2D eigenvalue weighted by Gasteiger charge is -2.19. The number of nitrogens with two attached hydrogens (primary N) is 1. The Hall–Kier alpha value is -2.03. The van der Waals surface area contributed by atoms with E-state index in [4.69, 9.17) is 80.4 Å². The Kier molecular flexibility index (Phi) is 11.9. The first kappa shape index (κ1) is 34.8. The van der Waals surface area contributed by atoms with Gasteiger partial charge < -0.3 is 20.8 Å². The molecule has 1 aliphatic rings. The van der Waals surface area contributed by atoms with Crippen LogP contribution in [0.2, 0.25) is 15.1 Å². The Morgan fingerprint density at radius 2 is 1.27 bits per heavy atom. The second-order valence-electron chi connectivity index (χ2n) is 8.88. The van der Waals surface area contributed by atoms with Gasteiger partial charge in [0.25, 0.3) is 17.7 Å². The Balaban J connectivity index is 1.71. The molecule has 1 unspecified atom stereocenters. The van der Waals surface area contributed by atoms with Crippen LogP contribution in [0.5, 0.6) is 5.75 Å². The highest BCUT2D eigenvalue weighted by molar-refractivity contribution is 9.11. The van der Waals surface area contributed by atoms with Crippen LogP contribution in [0.1, 0.15) is 37.5 Å². The molecule has 0 bridgehead atoms. The molecule has 9 nitrogen and oxygen atoms in total. The molecule has 1 aliphatic carbocycles. The molecule has 3 amide bonds. The van der Waals surface area contributed by atoms with E-state index in [-0.39, 0.29) is 54.6 Å². The molecule has 0 heterocycles. The van der Waals surface area contributed by atoms with Gasteiger partial charge in [0, 0.05) is 54.9 Å². The molecule has 44 heavy (non-hydrogen) atoms. The van der Waals surface area contributed by atoms with Gasteiger partial charge in [0.15, 0.2) is 5.75 Å². The van der Waals surface area contributed by atoms with Crippen LogP contribution in [0.25, 0.3) is 0 Å². The van der Waals surface area contributed by atoms with Gasteiger partial charge in [-0.3, -0.25) is 14.4 Å². The lowest BCUT2D eigenvalue weighted by Crippen LogP contribution is -2.27. The average Bonchev–Trinajstić information content (AvgIpc) is 2.96. The van der Waals surface area contributed by atoms with E-state index in [9.17, 15) is 14.4 Å². The lowest BCUT2D eigenvalue weighted by atomic mass is 10.0. The summed E-state index contributed by atoms with van der Waals surface area (Å²) in [6.07, 6.45) is 1.57. The molecule has 0 aromatic heterocycles. The van der Waals surface area contributed by atoms with Crippen LogP contribution in [0.4, 0.5) is 11.4 Å². The van der Waals surface area contributed by atoms with Crippen LogP contribution >= 0.6 is 101 Å². The molecule has 3 aromatic rings. The molecular weight excluding hydrogens is 833 g/mol. The van der Waals surface area contributed by atoms with Gasteiger partial charge in [-0.2, -0.15) is 5.90 Å². The third kappa shape index (κ3) is 8.41. The highest BCUT2D eigenvalue weighted by Crippen LogP contribution is 2.36. The Labute approximate surface area is 297 Å². The standard InChI is InChI=1S/C27H16Br2Cl6N4O5/c28-14-4-13(43-44-36)5-15(29)24(14)39-27(42)12-2-10(25(40)37-22-8-18(32)16(30)6-20(22)34)1-11(3-12)26(41)38-23-9-19(33)17(31)7-21(23)35/h1-8,19H,9,36H2,(H,37,40)(H,38,41)(H,39,42). The molecule has 0 saturated heterocycles. The number of carbonyl (C=O) groups excluding carboxylic acids is 3. The Morgan fingerprint density at radius 1 is 0.750 bits per heavy atom. The molecule has 17 heteroatoms. The zero-order chi connectivity index (χ0) is 32.3. The van der Waals surface area contributed by atoms with E-state index in [1.165, 1.54) is 48.5 Å². The highest BCUT2D eigenvalue weighted by atomic mass is 79.9. The molecule has 0 aliphatic heterocycles. The zero-order valence-corrected chi connectivity index (χ0v) is 29.3. The molecule has 0 fully saturated rings. The first-order chi connectivity index (χ1) is 20.8. The summed E-state index contributed by atoms with van der Waals surface area (Å²) in [4.78, 5) is 49.2. The van der Waals surface area contributed by atoms with E-state index in [1.54, 1.807) is 0 Å². The fourth-order valence-electron chi connectivity index (χ4n) is 3.79. The number of hydrogen-bond donors (Lipinski definition) is 4. The number of nitrogens with one attached hydrogen (secondary N) is 3. The van der Waals surface area contributed by atoms with Crippen molar-refractivity contribution in [2.45, 2.75) is 11.8 Å². The largest absolute Gasteiger partial charge is 0.324 e. The summed E-state index contributed by atoms with van der Waals surface area (Å²) in [5.74, 6) is 3.14. The number of alkyl halides is 1. The number of amides is 3. The van der Waals surface area contributed by atoms with Crippen LogP contribution in [-0.2, 0) is 4.99 Å². The third-order valence-electron chi connectivity index (χ3n) is 5.88. The Bertz CT molecular complexity index is 1730. The fourth-order valence-corrected chi connectivity index (χ4v) is 6.42. The molecule has 5 N–H and O–H groups in total. The SMILES string of the molecule is NOOc1cc(Br)c(NC(=O)c2cc(C(=O)NC3=C(Cl)C=C(Cl)C(Cl)C3)cc(C(=O)Nc3cc(Cl)c(Cl)cc3Cl)c2)c(Br)c1. The smallest absolute Gasteiger partial charge is 0.255 e. The predicted octanol–water partition coefficient (Wildman–Crippen LogP) is 9.17. The molecule has 0 spiro atoms. The molecule has 3 aromatic carbocycles. The van der Waals surface area contributed by atoms with Gasteiger partial charge >= 0.3 is 0 Å². The quantitative estimate of drug-likeness (QED) is 0.0774. The summed E-state index contributed by atoms with van der Waals surface area (Å²) in [5.41, 5.74) is 0.608. The molecule has 0 saturated carbocycles. The van der Waals surface area contributed by atoms with Gasteiger partial charge in [0.2, 0.25) is 0 Å². The fraction of sp³-hybridized carbons (Fsp3) is 0.0741. The van der Waals surface area contributed by atoms with E-state index < -0.39 is 23.1 Å². The maximum atomic E-state index is 13.5. The molecule has 230 valence electrons. The second-order valence-corrected chi connectivity index (χ2v) is 13.2. The number of benzene rings is 3. The first-order valence-corrected chi connectivity index (χ1v) is 15.8. The molecular formula is C27H16Br2Cl6N4O5. The van der Waals surface area contributed by atoms with Crippen LogP contribution < -0.4 is 26.7 Å². The van der Waals surface area contributed by atoms with Gasteiger partial charge in [-0.15, -0.1) is 11.6 Å². The van der Waals surface area contributed by atoms with E-state index in [0.29, 0.717) is 25.4 Å². The topological polar surface area (TPSA) is 132 Å². The van der Waals surface area contributed by atoms with Crippen molar-refractivity contribution in [2.24, 2.45) is 5.90 Å². The monoisotopic (exact) mass is 844 g/mol. The maximum Gasteiger partial charge on any atom is 0.255 e. The molecule has 1 atom stereocenters. The Morgan fingerprint density at radius 3 is 1.84 bits per heavy atom. The first-order valence-electron chi connectivity index (χ1n) is 11.9. The highest BCUT2D eigenvalue weighted by Gasteiger charge is 2.24. The van der Waals surface area contributed by atoms with E-state index >= 15 is 0 Å². The van der Waals surface area contributed by atoms with Gasteiger partial charge in [-0.25, -0.2) is 0 Å². The zero-order valence-electron chi connectivity index (χ0n) is 21.5. The maximum absolute atomic E-state index is 13.5. The van der Waals surface area contributed by atoms with Crippen LogP contribution in [-0.4, -0.2) is 23.1 Å². The van der Waals surface area contributed by atoms with Gasteiger partial charge in [-0.1, -0.05) is 63.0 Å². The number of allylic oxidation sites excluding steroid dienone is 4. The minimum absolute atomic E-state index is 0.0469. The minimum Gasteiger partial charge on any atom is -0.324 e.